The number of carbonyl (C=O) groups is 2. The van der Waals surface area contributed by atoms with Crippen LogP contribution < -0.4 is 4.90 Å². The van der Waals surface area contributed by atoms with Crippen LogP contribution in [0.3, 0.4) is 0 Å². The average molecular weight is 373 g/mol. The fourth-order valence-corrected chi connectivity index (χ4v) is 2.90. The van der Waals surface area contributed by atoms with Crippen molar-refractivity contribution in [3.05, 3.63) is 64.1 Å². The zero-order chi connectivity index (χ0) is 16.4. The summed E-state index contributed by atoms with van der Waals surface area (Å²) in [5.41, 5.74) is 2.86. The van der Waals surface area contributed by atoms with Gasteiger partial charge in [0.15, 0.2) is 0 Å². The molecule has 0 spiro atoms. The zero-order valence-corrected chi connectivity index (χ0v) is 13.7. The number of nitrogens with zero attached hydrogens (tertiary/aromatic N) is 2. The summed E-state index contributed by atoms with van der Waals surface area (Å²) < 4.78 is 0.838. The Morgan fingerprint density at radius 3 is 2.65 bits per heavy atom. The minimum atomic E-state index is -1.06. The van der Waals surface area contributed by atoms with Gasteiger partial charge >= 0.3 is 5.97 Å². The molecular weight excluding hydrogens is 360 g/mol. The Labute approximate surface area is 141 Å². The molecular formula is C17H13BrN2O3. The Bertz CT molecular complexity index is 803. The second-order valence-electron chi connectivity index (χ2n) is 5.07. The lowest BCUT2D eigenvalue weighted by Crippen LogP contribution is -2.37. The molecule has 1 aliphatic heterocycles. The largest absolute Gasteiger partial charge is 0.480 e. The summed E-state index contributed by atoms with van der Waals surface area (Å²) >= 11 is 3.43. The molecule has 0 bridgehead atoms. The van der Waals surface area contributed by atoms with Gasteiger partial charge in [-0.2, -0.15) is 0 Å². The molecule has 1 N–H and O–H groups in total. The van der Waals surface area contributed by atoms with Crippen molar-refractivity contribution in [2.45, 2.75) is 0 Å². The Balaban J connectivity index is 2.18. The summed E-state index contributed by atoms with van der Waals surface area (Å²) in [4.78, 5) is 29.1. The van der Waals surface area contributed by atoms with E-state index in [0.29, 0.717) is 11.4 Å². The zero-order valence-electron chi connectivity index (χ0n) is 12.1. The number of amides is 1. The highest BCUT2D eigenvalue weighted by atomic mass is 79.9. The molecule has 2 aromatic carbocycles. The number of hydrogen-bond donors (Lipinski definition) is 1. The fraction of sp³-hybridized carbons (Fsp3) is 0.118. The number of rotatable bonds is 3. The molecule has 2 aromatic rings. The van der Waals surface area contributed by atoms with Gasteiger partial charge in [0.1, 0.15) is 13.1 Å². The van der Waals surface area contributed by atoms with E-state index in [2.05, 4.69) is 20.9 Å². The Kier molecular flexibility index (Phi) is 4.25. The fourth-order valence-electron chi connectivity index (χ4n) is 2.54. The van der Waals surface area contributed by atoms with Crippen LogP contribution in [-0.2, 0) is 9.59 Å². The second-order valence-corrected chi connectivity index (χ2v) is 5.98. The van der Waals surface area contributed by atoms with Crippen molar-refractivity contribution in [3.63, 3.8) is 0 Å². The van der Waals surface area contributed by atoms with Gasteiger partial charge in [-0.15, -0.1) is 0 Å². The van der Waals surface area contributed by atoms with Crippen LogP contribution in [-0.4, -0.2) is 35.8 Å². The Morgan fingerprint density at radius 2 is 1.96 bits per heavy atom. The highest BCUT2D eigenvalue weighted by molar-refractivity contribution is 9.10. The number of aliphatic carboxylic acids is 1. The van der Waals surface area contributed by atoms with E-state index in [4.69, 9.17) is 5.11 Å². The molecule has 3 rings (SSSR count). The normalized spacial score (nSPS) is 14.0. The van der Waals surface area contributed by atoms with Crippen LogP contribution in [0, 0.1) is 0 Å². The summed E-state index contributed by atoms with van der Waals surface area (Å²) in [6, 6.07) is 14.9. The lowest BCUT2D eigenvalue weighted by Gasteiger charge is -2.21. The highest BCUT2D eigenvalue weighted by Crippen LogP contribution is 2.29. The van der Waals surface area contributed by atoms with Crippen molar-refractivity contribution in [1.82, 2.24) is 0 Å². The maximum Gasteiger partial charge on any atom is 0.323 e. The van der Waals surface area contributed by atoms with Crippen LogP contribution in [0.15, 0.2) is 58.0 Å². The van der Waals surface area contributed by atoms with Crippen molar-refractivity contribution in [2.75, 3.05) is 18.0 Å². The van der Waals surface area contributed by atoms with Crippen molar-refractivity contribution in [2.24, 2.45) is 4.99 Å². The first kappa shape index (κ1) is 15.4. The molecule has 0 aliphatic carbocycles. The second kappa shape index (κ2) is 6.34. The van der Waals surface area contributed by atoms with Gasteiger partial charge in [-0.25, -0.2) is 0 Å². The number of fused-ring (bicyclic) bond motifs is 1. The monoisotopic (exact) mass is 372 g/mol. The molecule has 116 valence electrons. The first-order valence-electron chi connectivity index (χ1n) is 6.98. The van der Waals surface area contributed by atoms with E-state index in [0.717, 1.165) is 15.6 Å². The topological polar surface area (TPSA) is 70.0 Å². The van der Waals surface area contributed by atoms with Crippen LogP contribution in [0.4, 0.5) is 5.69 Å². The van der Waals surface area contributed by atoms with Gasteiger partial charge in [0.2, 0.25) is 5.91 Å². The van der Waals surface area contributed by atoms with Crippen molar-refractivity contribution < 1.29 is 14.7 Å². The quantitative estimate of drug-likeness (QED) is 0.900. The molecule has 0 saturated heterocycles. The van der Waals surface area contributed by atoms with Gasteiger partial charge in [0.25, 0.3) is 0 Å². The molecule has 0 atom stereocenters. The summed E-state index contributed by atoms with van der Waals surface area (Å²) in [6.07, 6.45) is 0. The summed E-state index contributed by atoms with van der Waals surface area (Å²) in [5.74, 6) is -1.39. The van der Waals surface area contributed by atoms with E-state index in [9.17, 15) is 9.59 Å². The first-order chi connectivity index (χ1) is 11.1. The Hall–Kier alpha value is -2.47. The molecule has 1 heterocycles. The molecule has 5 nitrogen and oxygen atoms in total. The van der Waals surface area contributed by atoms with Crippen LogP contribution in [0.1, 0.15) is 11.1 Å². The lowest BCUT2D eigenvalue weighted by molar-refractivity contribution is -0.136. The van der Waals surface area contributed by atoms with Crippen LogP contribution >= 0.6 is 15.9 Å². The van der Waals surface area contributed by atoms with Crippen molar-refractivity contribution in [3.8, 4) is 0 Å². The van der Waals surface area contributed by atoms with E-state index < -0.39 is 5.97 Å². The molecule has 6 heteroatoms. The number of carboxylic acids is 1. The lowest BCUT2D eigenvalue weighted by atomic mass is 10.0. The van der Waals surface area contributed by atoms with E-state index in [1.807, 2.05) is 36.4 Å². The molecule has 0 fully saturated rings. The highest BCUT2D eigenvalue weighted by Gasteiger charge is 2.26. The number of aliphatic imine (C=N–C) groups is 1. The predicted octanol–water partition coefficient (Wildman–Crippen LogP) is 2.72. The van der Waals surface area contributed by atoms with Gasteiger partial charge in [-0.3, -0.25) is 19.5 Å². The third-order valence-corrected chi connectivity index (χ3v) is 4.01. The van der Waals surface area contributed by atoms with Gasteiger partial charge < -0.3 is 5.11 Å². The molecule has 1 amide bonds. The number of benzene rings is 2. The van der Waals surface area contributed by atoms with E-state index >= 15 is 0 Å². The molecule has 1 aliphatic rings. The maximum absolute atomic E-state index is 12.3. The third-order valence-electron chi connectivity index (χ3n) is 3.52. The summed E-state index contributed by atoms with van der Waals surface area (Å²) in [6.45, 7) is -0.463. The van der Waals surface area contributed by atoms with Gasteiger partial charge in [0, 0.05) is 15.6 Å². The van der Waals surface area contributed by atoms with Crippen LogP contribution in [0.25, 0.3) is 0 Å². The van der Waals surface area contributed by atoms with E-state index in [1.54, 1.807) is 12.1 Å². The predicted molar refractivity (Wildman–Crippen MR) is 91.1 cm³/mol. The number of carbonyl (C=O) groups excluding carboxylic acids is 1. The summed E-state index contributed by atoms with van der Waals surface area (Å²) in [7, 11) is 0. The smallest absolute Gasteiger partial charge is 0.323 e. The van der Waals surface area contributed by atoms with Crippen LogP contribution in [0.5, 0.6) is 0 Å². The molecule has 23 heavy (non-hydrogen) atoms. The number of carboxylic acid groups (broad SMARTS) is 1. The van der Waals surface area contributed by atoms with E-state index in [1.165, 1.54) is 4.90 Å². The number of hydrogen-bond acceptors (Lipinski definition) is 3. The van der Waals surface area contributed by atoms with Gasteiger partial charge in [-0.1, -0.05) is 46.3 Å². The minimum absolute atomic E-state index is 0.0796. The minimum Gasteiger partial charge on any atom is -0.480 e. The van der Waals surface area contributed by atoms with Crippen molar-refractivity contribution >= 4 is 39.2 Å². The standard InChI is InChI=1S/C17H13BrN2O3/c18-12-6-7-14-13(8-12)17(11-4-2-1-3-5-11)19-9-15(21)20(14)10-16(22)23/h1-8H,9-10H2,(H,22,23). The van der Waals surface area contributed by atoms with Gasteiger partial charge in [-0.05, 0) is 18.2 Å². The summed E-state index contributed by atoms with van der Waals surface area (Å²) in [5, 5.41) is 9.10. The van der Waals surface area contributed by atoms with Crippen molar-refractivity contribution in [1.29, 1.82) is 0 Å². The maximum atomic E-state index is 12.3. The molecule has 0 radical (unpaired) electrons. The van der Waals surface area contributed by atoms with Crippen LogP contribution in [0.2, 0.25) is 0 Å². The first-order valence-corrected chi connectivity index (χ1v) is 7.77. The average Bonchev–Trinajstić information content (AvgIpc) is 2.66. The number of benzodiazepines with no additional fused rings is 1. The molecule has 0 unspecified atom stereocenters. The SMILES string of the molecule is O=C(O)CN1C(=O)CN=C(c2ccccc2)c2cc(Br)ccc21. The Morgan fingerprint density at radius 1 is 1.22 bits per heavy atom. The molecule has 0 saturated carbocycles. The third kappa shape index (κ3) is 3.17. The molecule has 0 aromatic heterocycles. The number of halogens is 1. The number of anilines is 1. The van der Waals surface area contributed by atoms with Gasteiger partial charge in [0.05, 0.1) is 11.4 Å². The van der Waals surface area contributed by atoms with E-state index in [-0.39, 0.29) is 19.0 Å².